The summed E-state index contributed by atoms with van der Waals surface area (Å²) in [6.45, 7) is 1.45. The van der Waals surface area contributed by atoms with Crippen LogP contribution in [0.15, 0.2) is 60.1 Å². The van der Waals surface area contributed by atoms with Crippen molar-refractivity contribution in [3.05, 3.63) is 65.7 Å². The van der Waals surface area contributed by atoms with Gasteiger partial charge >= 0.3 is 0 Å². The van der Waals surface area contributed by atoms with Gasteiger partial charge in [0.25, 0.3) is 5.91 Å². The summed E-state index contributed by atoms with van der Waals surface area (Å²) >= 11 is 1.53. The molecule has 24 heavy (non-hydrogen) atoms. The van der Waals surface area contributed by atoms with Crippen LogP contribution in [-0.4, -0.2) is 16.8 Å². The summed E-state index contributed by atoms with van der Waals surface area (Å²) in [5.41, 5.74) is 2.83. The zero-order valence-corrected chi connectivity index (χ0v) is 13.8. The van der Waals surface area contributed by atoms with Crippen molar-refractivity contribution < 1.29 is 9.59 Å². The summed E-state index contributed by atoms with van der Waals surface area (Å²) in [7, 11) is 0. The second-order valence-corrected chi connectivity index (χ2v) is 6.03. The maximum atomic E-state index is 12.4. The first-order valence-electron chi connectivity index (χ1n) is 7.31. The number of hydrogen-bond acceptors (Lipinski definition) is 4. The molecule has 2 amide bonds. The molecule has 3 rings (SSSR count). The quantitative estimate of drug-likeness (QED) is 0.755. The van der Waals surface area contributed by atoms with Crippen molar-refractivity contribution in [2.24, 2.45) is 0 Å². The molecule has 1 aromatic heterocycles. The highest BCUT2D eigenvalue weighted by molar-refractivity contribution is 7.13. The van der Waals surface area contributed by atoms with Crippen LogP contribution in [0, 0.1) is 0 Å². The van der Waals surface area contributed by atoms with Gasteiger partial charge in [-0.05, 0) is 36.4 Å². The van der Waals surface area contributed by atoms with Gasteiger partial charge in [-0.1, -0.05) is 12.1 Å². The van der Waals surface area contributed by atoms with Crippen molar-refractivity contribution in [2.75, 3.05) is 10.6 Å². The molecule has 1 heterocycles. The third kappa shape index (κ3) is 3.85. The Kier molecular flexibility index (Phi) is 4.67. The molecule has 120 valence electrons. The molecule has 0 aliphatic rings. The normalized spacial score (nSPS) is 10.2. The Morgan fingerprint density at radius 1 is 1.00 bits per heavy atom. The molecule has 3 aromatic rings. The molecule has 0 spiro atoms. The molecule has 0 saturated carbocycles. The second kappa shape index (κ2) is 7.06. The molecule has 6 heteroatoms. The van der Waals surface area contributed by atoms with Crippen LogP contribution in [0.25, 0.3) is 10.6 Å². The fourth-order valence-electron chi connectivity index (χ4n) is 2.20. The first-order valence-corrected chi connectivity index (χ1v) is 8.19. The van der Waals surface area contributed by atoms with Gasteiger partial charge in [0.15, 0.2) is 0 Å². The Morgan fingerprint density at radius 3 is 2.33 bits per heavy atom. The molecule has 0 unspecified atom stereocenters. The summed E-state index contributed by atoms with van der Waals surface area (Å²) in [4.78, 5) is 27.7. The third-order valence-electron chi connectivity index (χ3n) is 3.27. The summed E-state index contributed by atoms with van der Waals surface area (Å²) in [5.74, 6) is -0.327. The van der Waals surface area contributed by atoms with Crippen molar-refractivity contribution in [2.45, 2.75) is 6.92 Å². The number of rotatable bonds is 4. The minimum absolute atomic E-state index is 0.134. The van der Waals surface area contributed by atoms with Gasteiger partial charge in [-0.2, -0.15) is 0 Å². The third-order valence-corrected chi connectivity index (χ3v) is 4.09. The van der Waals surface area contributed by atoms with Gasteiger partial charge in [0.1, 0.15) is 5.01 Å². The van der Waals surface area contributed by atoms with Gasteiger partial charge in [0.2, 0.25) is 5.91 Å². The predicted molar refractivity (Wildman–Crippen MR) is 96.2 cm³/mol. The largest absolute Gasteiger partial charge is 0.326 e. The maximum absolute atomic E-state index is 12.4. The summed E-state index contributed by atoms with van der Waals surface area (Å²) < 4.78 is 0. The lowest BCUT2D eigenvalue weighted by Gasteiger charge is -2.08. The fourth-order valence-corrected chi connectivity index (χ4v) is 2.84. The standard InChI is InChI=1S/C18H15N3O2S/c1-12(22)20-15-5-7-16(8-6-15)21-17(23)13-3-2-4-14(11-13)18-19-9-10-24-18/h2-11H,1H3,(H,20,22)(H,21,23). The van der Waals surface area contributed by atoms with Crippen molar-refractivity contribution in [1.82, 2.24) is 4.98 Å². The van der Waals surface area contributed by atoms with Crippen molar-refractivity contribution >= 4 is 34.5 Å². The SMILES string of the molecule is CC(=O)Nc1ccc(NC(=O)c2cccc(-c3nccs3)c2)cc1. The molecule has 5 nitrogen and oxygen atoms in total. The van der Waals surface area contributed by atoms with Gasteiger partial charge in [-0.25, -0.2) is 4.98 Å². The van der Waals surface area contributed by atoms with Gasteiger partial charge < -0.3 is 10.6 Å². The summed E-state index contributed by atoms with van der Waals surface area (Å²) in [6.07, 6.45) is 1.74. The van der Waals surface area contributed by atoms with E-state index < -0.39 is 0 Å². The van der Waals surface area contributed by atoms with E-state index >= 15 is 0 Å². The lowest BCUT2D eigenvalue weighted by molar-refractivity contribution is -0.114. The highest BCUT2D eigenvalue weighted by Gasteiger charge is 2.09. The van der Waals surface area contributed by atoms with Crippen molar-refractivity contribution in [3.63, 3.8) is 0 Å². The van der Waals surface area contributed by atoms with E-state index in [1.54, 1.807) is 36.5 Å². The van der Waals surface area contributed by atoms with Crippen molar-refractivity contribution in [1.29, 1.82) is 0 Å². The Balaban J connectivity index is 1.73. The maximum Gasteiger partial charge on any atom is 0.255 e. The number of hydrogen-bond donors (Lipinski definition) is 2. The van der Waals surface area contributed by atoms with Gasteiger partial charge in [-0.3, -0.25) is 9.59 Å². The highest BCUT2D eigenvalue weighted by atomic mass is 32.1. The lowest BCUT2D eigenvalue weighted by Crippen LogP contribution is -2.12. The minimum atomic E-state index is -0.194. The number of nitrogens with one attached hydrogen (secondary N) is 2. The molecular formula is C18H15N3O2S. The van der Waals surface area contributed by atoms with E-state index in [0.29, 0.717) is 16.9 Å². The van der Waals surface area contributed by atoms with Gasteiger partial charge in [-0.15, -0.1) is 11.3 Å². The predicted octanol–water partition coefficient (Wildman–Crippen LogP) is 4.02. The zero-order chi connectivity index (χ0) is 16.9. The van der Waals surface area contributed by atoms with Crippen LogP contribution >= 0.6 is 11.3 Å². The monoisotopic (exact) mass is 337 g/mol. The molecule has 0 atom stereocenters. The molecule has 0 aliphatic carbocycles. The van der Waals surface area contributed by atoms with Crippen LogP contribution in [0.2, 0.25) is 0 Å². The Labute approximate surface area is 143 Å². The lowest BCUT2D eigenvalue weighted by atomic mass is 10.1. The molecule has 0 aliphatic heterocycles. The number of nitrogens with zero attached hydrogens (tertiary/aromatic N) is 1. The van der Waals surface area contributed by atoms with Crippen LogP contribution in [0.4, 0.5) is 11.4 Å². The second-order valence-electron chi connectivity index (χ2n) is 5.13. The fraction of sp³-hybridized carbons (Fsp3) is 0.0556. The van der Waals surface area contributed by atoms with E-state index in [2.05, 4.69) is 15.6 Å². The number of carbonyl (C=O) groups excluding carboxylic acids is 2. The van der Waals surface area contributed by atoms with E-state index in [1.807, 2.05) is 23.6 Å². The van der Waals surface area contributed by atoms with E-state index in [0.717, 1.165) is 10.6 Å². The Morgan fingerprint density at radius 2 is 1.71 bits per heavy atom. The van der Waals surface area contributed by atoms with Crippen LogP contribution in [-0.2, 0) is 4.79 Å². The van der Waals surface area contributed by atoms with E-state index in [9.17, 15) is 9.59 Å². The van der Waals surface area contributed by atoms with Gasteiger partial charge in [0, 0.05) is 41.0 Å². The smallest absolute Gasteiger partial charge is 0.255 e. The number of anilines is 2. The molecule has 0 fully saturated rings. The average molecular weight is 337 g/mol. The molecule has 2 N–H and O–H groups in total. The molecule has 0 saturated heterocycles. The summed E-state index contributed by atoms with van der Waals surface area (Å²) in [6, 6.07) is 14.3. The topological polar surface area (TPSA) is 71.1 Å². The van der Waals surface area contributed by atoms with Crippen LogP contribution in [0.3, 0.4) is 0 Å². The number of thiazole rings is 1. The molecule has 0 bridgehead atoms. The van der Waals surface area contributed by atoms with Crippen LogP contribution < -0.4 is 10.6 Å². The van der Waals surface area contributed by atoms with Gasteiger partial charge in [0.05, 0.1) is 0 Å². The average Bonchev–Trinajstić information content (AvgIpc) is 3.11. The first-order chi connectivity index (χ1) is 11.6. The number of benzene rings is 2. The first kappa shape index (κ1) is 15.9. The molecule has 0 radical (unpaired) electrons. The molecule has 2 aromatic carbocycles. The van der Waals surface area contributed by atoms with E-state index in [4.69, 9.17) is 0 Å². The zero-order valence-electron chi connectivity index (χ0n) is 12.9. The molecular weight excluding hydrogens is 322 g/mol. The number of carbonyl (C=O) groups is 2. The summed E-state index contributed by atoms with van der Waals surface area (Å²) in [5, 5.41) is 8.31. The minimum Gasteiger partial charge on any atom is -0.326 e. The number of amides is 2. The van der Waals surface area contributed by atoms with Crippen LogP contribution in [0.1, 0.15) is 17.3 Å². The van der Waals surface area contributed by atoms with E-state index in [-0.39, 0.29) is 11.8 Å². The van der Waals surface area contributed by atoms with Crippen LogP contribution in [0.5, 0.6) is 0 Å². The van der Waals surface area contributed by atoms with Crippen molar-refractivity contribution in [3.8, 4) is 10.6 Å². The Bertz CT molecular complexity index is 858. The van der Waals surface area contributed by atoms with E-state index in [1.165, 1.54) is 18.3 Å². The number of aromatic nitrogens is 1. The highest BCUT2D eigenvalue weighted by Crippen LogP contribution is 2.23. The Hall–Kier alpha value is -2.99.